The molecule has 0 aliphatic carbocycles. The molecule has 2 aromatic carbocycles. The maximum absolute atomic E-state index is 13.4. The van der Waals surface area contributed by atoms with Crippen molar-refractivity contribution in [1.29, 1.82) is 0 Å². The number of carboxylic acid groups (broad SMARTS) is 1. The summed E-state index contributed by atoms with van der Waals surface area (Å²) in [6, 6.07) is 16.6. The molecule has 1 heterocycles. The summed E-state index contributed by atoms with van der Waals surface area (Å²) in [5, 5.41) is 19.0. The van der Waals surface area contributed by atoms with Crippen molar-refractivity contribution >= 4 is 34.8 Å². The first-order chi connectivity index (χ1) is 21.8. The zero-order valence-corrected chi connectivity index (χ0v) is 27.7. The van der Waals surface area contributed by atoms with Crippen LogP contribution in [-0.4, -0.2) is 53.1 Å². The highest BCUT2D eigenvalue weighted by atomic mass is 16.6. The Bertz CT molecular complexity index is 1430. The minimum absolute atomic E-state index is 0.121. The third-order valence-corrected chi connectivity index (χ3v) is 7.82. The van der Waals surface area contributed by atoms with Crippen molar-refractivity contribution in [2.75, 3.05) is 13.1 Å². The Hall–Kier alpha value is -4.34. The van der Waals surface area contributed by atoms with Crippen molar-refractivity contribution in [1.82, 2.24) is 20.9 Å². The lowest BCUT2D eigenvalue weighted by Crippen LogP contribution is -2.50. The van der Waals surface area contributed by atoms with Crippen molar-refractivity contribution < 1.29 is 29.0 Å². The van der Waals surface area contributed by atoms with Crippen molar-refractivity contribution in [3.05, 3.63) is 71.9 Å². The van der Waals surface area contributed by atoms with Crippen LogP contribution >= 0.6 is 0 Å². The Morgan fingerprint density at radius 2 is 1.52 bits per heavy atom. The molecule has 0 aliphatic rings. The summed E-state index contributed by atoms with van der Waals surface area (Å²) in [6.45, 7) is 10.8. The van der Waals surface area contributed by atoms with Gasteiger partial charge in [0, 0.05) is 47.9 Å². The number of para-hydroxylation sites is 1. The van der Waals surface area contributed by atoms with Gasteiger partial charge in [-0.25, -0.2) is 4.79 Å². The van der Waals surface area contributed by atoms with E-state index in [4.69, 9.17) is 4.74 Å². The minimum atomic E-state index is -1.05. The van der Waals surface area contributed by atoms with E-state index in [0.29, 0.717) is 32.4 Å². The summed E-state index contributed by atoms with van der Waals surface area (Å²) >= 11 is 0. The van der Waals surface area contributed by atoms with Crippen molar-refractivity contribution in [2.45, 2.75) is 85.3 Å². The molecule has 0 radical (unpaired) electrons. The molecule has 0 bridgehead atoms. The number of hydrogen-bond donors (Lipinski definition) is 5. The lowest BCUT2D eigenvalue weighted by molar-refractivity contribution is -0.141. The molecule has 3 atom stereocenters. The molecule has 3 aromatic rings. The quantitative estimate of drug-likeness (QED) is 0.113. The van der Waals surface area contributed by atoms with E-state index in [1.54, 1.807) is 0 Å². The summed E-state index contributed by atoms with van der Waals surface area (Å²) < 4.78 is 5.77. The monoisotopic (exact) mass is 634 g/mol. The van der Waals surface area contributed by atoms with Crippen LogP contribution in [0, 0.1) is 17.3 Å². The number of aliphatic carboxylic acids is 1. The van der Waals surface area contributed by atoms with E-state index in [9.17, 15) is 24.3 Å². The number of alkyl carbamates (subject to hydrolysis) is 1. The standard InChI is InChI=1S/C36H50N4O6/c1-24(2)20-26(22-31(41)42)33(43)40-30(21-27-23-39-29-17-11-10-16-28(27)29)34(44)37-18-12-7-13-19-38-35(45)46-32(36(3,4)5)25-14-8-6-9-15-25/h6,8-11,14-17,23-24,26,30,32,39H,7,12-13,18-22H2,1-5H3,(H,37,44)(H,38,45)(H,40,43)(H,41,42)/t26?,30-,32?/m1/s1. The summed E-state index contributed by atoms with van der Waals surface area (Å²) in [4.78, 5) is 53.8. The molecule has 0 spiro atoms. The lowest BCUT2D eigenvalue weighted by Gasteiger charge is -2.30. The number of carboxylic acids is 1. The number of hydrogen-bond acceptors (Lipinski definition) is 5. The van der Waals surface area contributed by atoms with Gasteiger partial charge in [-0.1, -0.05) is 83.1 Å². The van der Waals surface area contributed by atoms with Gasteiger partial charge in [-0.3, -0.25) is 14.4 Å². The largest absolute Gasteiger partial charge is 0.481 e. The van der Waals surface area contributed by atoms with Crippen molar-refractivity contribution in [3.8, 4) is 0 Å². The predicted molar refractivity (Wildman–Crippen MR) is 179 cm³/mol. The first-order valence-electron chi connectivity index (χ1n) is 16.2. The van der Waals surface area contributed by atoms with Crippen LogP contribution < -0.4 is 16.0 Å². The molecule has 0 fully saturated rings. The number of aromatic amines is 1. The highest BCUT2D eigenvalue weighted by Gasteiger charge is 2.30. The number of unbranched alkanes of at least 4 members (excludes halogenated alkanes) is 2. The maximum Gasteiger partial charge on any atom is 0.407 e. The van der Waals surface area contributed by atoms with Gasteiger partial charge in [0.15, 0.2) is 0 Å². The number of benzene rings is 2. The Morgan fingerprint density at radius 1 is 0.870 bits per heavy atom. The van der Waals surface area contributed by atoms with E-state index in [1.165, 1.54) is 0 Å². The molecule has 0 saturated heterocycles. The van der Waals surface area contributed by atoms with Crippen LogP contribution in [0.2, 0.25) is 0 Å². The van der Waals surface area contributed by atoms with Crippen molar-refractivity contribution in [3.63, 3.8) is 0 Å². The van der Waals surface area contributed by atoms with Crippen LogP contribution in [0.4, 0.5) is 4.79 Å². The number of fused-ring (bicyclic) bond motifs is 1. The normalized spacial score (nSPS) is 13.5. The molecule has 3 amide bonds. The average Bonchev–Trinajstić information content (AvgIpc) is 3.40. The zero-order valence-electron chi connectivity index (χ0n) is 27.7. The minimum Gasteiger partial charge on any atom is -0.481 e. The van der Waals surface area contributed by atoms with Crippen molar-refractivity contribution in [2.24, 2.45) is 17.3 Å². The number of aromatic nitrogens is 1. The van der Waals surface area contributed by atoms with E-state index < -0.39 is 29.9 Å². The Balaban J connectivity index is 1.51. The Kier molecular flexibility index (Phi) is 13.7. The van der Waals surface area contributed by atoms with Gasteiger partial charge in [0.25, 0.3) is 0 Å². The van der Waals surface area contributed by atoms with Gasteiger partial charge in [-0.2, -0.15) is 0 Å². The van der Waals surface area contributed by atoms with Crippen LogP contribution in [0.3, 0.4) is 0 Å². The van der Waals surface area contributed by atoms with Gasteiger partial charge in [0.2, 0.25) is 11.8 Å². The number of carbonyl (C=O) groups excluding carboxylic acids is 3. The van der Waals surface area contributed by atoms with Gasteiger partial charge >= 0.3 is 12.1 Å². The molecule has 5 N–H and O–H groups in total. The molecule has 250 valence electrons. The molecular weight excluding hydrogens is 584 g/mol. The molecule has 46 heavy (non-hydrogen) atoms. The average molecular weight is 635 g/mol. The molecular formula is C36H50N4O6. The topological polar surface area (TPSA) is 150 Å². The van der Waals surface area contributed by atoms with E-state index in [0.717, 1.165) is 28.5 Å². The second-order valence-electron chi connectivity index (χ2n) is 13.4. The predicted octanol–water partition coefficient (Wildman–Crippen LogP) is 6.13. The molecule has 2 unspecified atom stereocenters. The number of H-pyrrole nitrogens is 1. The smallest absolute Gasteiger partial charge is 0.407 e. The maximum atomic E-state index is 13.4. The van der Waals surface area contributed by atoms with Crippen LogP contribution in [0.15, 0.2) is 60.8 Å². The molecule has 10 heteroatoms. The summed E-state index contributed by atoms with van der Waals surface area (Å²) in [5.74, 6) is -2.42. The van der Waals surface area contributed by atoms with Crippen LogP contribution in [0.25, 0.3) is 10.9 Å². The van der Waals surface area contributed by atoms with Crippen LogP contribution in [0.1, 0.15) is 84.0 Å². The van der Waals surface area contributed by atoms with Crippen LogP contribution in [-0.2, 0) is 25.5 Å². The number of rotatable bonds is 17. The third-order valence-electron chi connectivity index (χ3n) is 7.82. The first kappa shape index (κ1) is 36.1. The van der Waals surface area contributed by atoms with Gasteiger partial charge in [-0.15, -0.1) is 0 Å². The third kappa shape index (κ3) is 11.5. The Labute approximate surface area is 272 Å². The van der Waals surface area contributed by atoms with E-state index in [1.807, 2.05) is 95.4 Å². The van der Waals surface area contributed by atoms with E-state index >= 15 is 0 Å². The van der Waals surface area contributed by atoms with E-state index in [-0.39, 0.29) is 36.2 Å². The molecule has 0 aliphatic heterocycles. The van der Waals surface area contributed by atoms with Gasteiger partial charge < -0.3 is 30.8 Å². The first-order valence-corrected chi connectivity index (χ1v) is 16.2. The number of amides is 3. The summed E-state index contributed by atoms with van der Waals surface area (Å²) in [5.41, 5.74) is 2.48. The fourth-order valence-corrected chi connectivity index (χ4v) is 5.56. The molecule has 3 rings (SSSR count). The SMILES string of the molecule is CC(C)CC(CC(=O)O)C(=O)N[C@H](Cc1c[nH]c2ccccc12)C(=O)NCCCCCNC(=O)OC(c1ccccc1)C(C)(C)C. The molecule has 10 nitrogen and oxygen atoms in total. The lowest BCUT2D eigenvalue weighted by atomic mass is 9.84. The molecule has 1 aromatic heterocycles. The fraction of sp³-hybridized carbons (Fsp3) is 0.500. The van der Waals surface area contributed by atoms with Gasteiger partial charge in [-0.05, 0) is 48.8 Å². The second-order valence-corrected chi connectivity index (χ2v) is 13.4. The number of carbonyl (C=O) groups is 4. The van der Waals surface area contributed by atoms with E-state index in [2.05, 4.69) is 20.9 Å². The highest BCUT2D eigenvalue weighted by molar-refractivity contribution is 5.91. The zero-order chi connectivity index (χ0) is 33.7. The second kappa shape index (κ2) is 17.4. The number of ether oxygens (including phenoxy) is 1. The summed E-state index contributed by atoms with van der Waals surface area (Å²) in [6.07, 6.45) is 3.50. The molecule has 0 saturated carbocycles. The van der Waals surface area contributed by atoms with Gasteiger partial charge in [0.1, 0.15) is 12.1 Å². The summed E-state index contributed by atoms with van der Waals surface area (Å²) in [7, 11) is 0. The highest BCUT2D eigenvalue weighted by Crippen LogP contribution is 2.36. The number of nitrogens with one attached hydrogen (secondary N) is 4. The fourth-order valence-electron chi connectivity index (χ4n) is 5.56. The van der Waals surface area contributed by atoms with Crippen LogP contribution in [0.5, 0.6) is 0 Å². The van der Waals surface area contributed by atoms with Gasteiger partial charge in [0.05, 0.1) is 6.42 Å². The Morgan fingerprint density at radius 3 is 2.17 bits per heavy atom.